The number of nitrogens with zero attached hydrogens (tertiary/aromatic N) is 2. The number of Topliss-reactive ketones (excluding diaryl/α,β-unsaturated/α-hetero) is 1. The number of ether oxygens (including phenoxy) is 1. The van der Waals surface area contributed by atoms with E-state index in [2.05, 4.69) is 18.7 Å². The topological polar surface area (TPSA) is 70.1 Å². The highest BCUT2D eigenvalue weighted by Gasteiger charge is 2.46. The standard InChI is InChI=1S/C31H34N2O4/c1-4-32(5-2)18-19-33-28(25-12-9-13-26(20-25)37-21-23-10-7-6-8-11-23)27(30(35)31(33)36)29(34)24-16-14-22(3)15-17-24/h6-17,20,28,34H,4-5,18-19,21H2,1-3H3/b29-27+. The fourth-order valence-corrected chi connectivity index (χ4v) is 4.63. The molecule has 1 unspecified atom stereocenters. The van der Waals surface area contributed by atoms with E-state index in [1.165, 1.54) is 0 Å². The third-order valence-corrected chi connectivity index (χ3v) is 6.84. The van der Waals surface area contributed by atoms with Gasteiger partial charge in [0.25, 0.3) is 11.7 Å². The summed E-state index contributed by atoms with van der Waals surface area (Å²) in [7, 11) is 0. The van der Waals surface area contributed by atoms with E-state index in [4.69, 9.17) is 4.74 Å². The van der Waals surface area contributed by atoms with Gasteiger partial charge in [-0.2, -0.15) is 0 Å². The molecule has 0 aliphatic carbocycles. The van der Waals surface area contributed by atoms with Gasteiger partial charge in [0.05, 0.1) is 11.6 Å². The summed E-state index contributed by atoms with van der Waals surface area (Å²) in [6, 6.07) is 23.9. The van der Waals surface area contributed by atoms with Crippen LogP contribution in [-0.2, 0) is 16.2 Å². The average molecular weight is 499 g/mol. The van der Waals surface area contributed by atoms with E-state index in [0.717, 1.165) is 29.8 Å². The normalized spacial score (nSPS) is 17.0. The number of aryl methyl sites for hydroxylation is 1. The number of ketones is 1. The first-order valence-electron chi connectivity index (χ1n) is 12.8. The lowest BCUT2D eigenvalue weighted by Crippen LogP contribution is -2.38. The van der Waals surface area contributed by atoms with Crippen LogP contribution in [0.2, 0.25) is 0 Å². The van der Waals surface area contributed by atoms with Crippen LogP contribution in [0.15, 0.2) is 84.4 Å². The Hall–Kier alpha value is -3.90. The molecule has 37 heavy (non-hydrogen) atoms. The Kier molecular flexibility index (Phi) is 8.41. The van der Waals surface area contributed by atoms with Gasteiger partial charge in [-0.1, -0.05) is 86.1 Å². The van der Waals surface area contributed by atoms with Gasteiger partial charge in [-0.05, 0) is 43.3 Å². The Morgan fingerprint density at radius 3 is 2.32 bits per heavy atom. The largest absolute Gasteiger partial charge is 0.507 e. The maximum absolute atomic E-state index is 13.3. The number of likely N-dealkylation sites (N-methyl/N-ethyl adjacent to an activating group) is 1. The summed E-state index contributed by atoms with van der Waals surface area (Å²) >= 11 is 0. The lowest BCUT2D eigenvalue weighted by Gasteiger charge is -2.28. The zero-order valence-electron chi connectivity index (χ0n) is 21.7. The van der Waals surface area contributed by atoms with E-state index in [1.807, 2.05) is 73.7 Å². The Labute approximate surface area is 218 Å². The monoisotopic (exact) mass is 498 g/mol. The van der Waals surface area contributed by atoms with Crippen molar-refractivity contribution in [3.8, 4) is 5.75 Å². The van der Waals surface area contributed by atoms with Crippen molar-refractivity contribution >= 4 is 17.4 Å². The minimum atomic E-state index is -0.711. The van der Waals surface area contributed by atoms with E-state index in [-0.39, 0.29) is 11.3 Å². The number of likely N-dealkylation sites (tertiary alicyclic amines) is 1. The van der Waals surface area contributed by atoms with Crippen LogP contribution in [0.1, 0.15) is 42.1 Å². The van der Waals surface area contributed by atoms with E-state index >= 15 is 0 Å². The van der Waals surface area contributed by atoms with Crippen LogP contribution < -0.4 is 4.74 Å². The van der Waals surface area contributed by atoms with Crippen LogP contribution in [0.4, 0.5) is 0 Å². The maximum Gasteiger partial charge on any atom is 0.295 e. The number of aliphatic hydroxyl groups is 1. The highest BCUT2D eigenvalue weighted by atomic mass is 16.5. The molecule has 0 saturated carbocycles. The number of benzene rings is 3. The minimum absolute atomic E-state index is 0.105. The molecule has 0 aromatic heterocycles. The lowest BCUT2D eigenvalue weighted by atomic mass is 9.95. The lowest BCUT2D eigenvalue weighted by molar-refractivity contribution is -0.140. The molecule has 4 rings (SSSR count). The Bertz CT molecular complexity index is 1260. The highest BCUT2D eigenvalue weighted by Crippen LogP contribution is 2.40. The Morgan fingerprint density at radius 2 is 1.65 bits per heavy atom. The van der Waals surface area contributed by atoms with Gasteiger partial charge >= 0.3 is 0 Å². The fourth-order valence-electron chi connectivity index (χ4n) is 4.63. The first kappa shape index (κ1) is 26.2. The van der Waals surface area contributed by atoms with E-state index in [9.17, 15) is 14.7 Å². The molecule has 1 amide bonds. The van der Waals surface area contributed by atoms with E-state index < -0.39 is 17.7 Å². The van der Waals surface area contributed by atoms with Crippen molar-refractivity contribution in [1.82, 2.24) is 9.80 Å². The molecule has 192 valence electrons. The molecule has 0 bridgehead atoms. The molecule has 0 radical (unpaired) electrons. The third-order valence-electron chi connectivity index (χ3n) is 6.84. The van der Waals surface area contributed by atoms with Crippen molar-refractivity contribution in [3.05, 3.63) is 107 Å². The Balaban J connectivity index is 1.72. The van der Waals surface area contributed by atoms with Gasteiger partial charge < -0.3 is 19.6 Å². The number of rotatable bonds is 10. The van der Waals surface area contributed by atoms with Gasteiger partial charge in [-0.3, -0.25) is 9.59 Å². The van der Waals surface area contributed by atoms with Gasteiger partial charge in [-0.25, -0.2) is 0 Å². The second kappa shape index (κ2) is 11.9. The number of carbonyl (C=O) groups is 2. The van der Waals surface area contributed by atoms with Crippen LogP contribution in [0.3, 0.4) is 0 Å². The fraction of sp³-hybridized carbons (Fsp3) is 0.290. The van der Waals surface area contributed by atoms with Gasteiger partial charge in [-0.15, -0.1) is 0 Å². The molecule has 0 spiro atoms. The molecule has 3 aromatic carbocycles. The summed E-state index contributed by atoms with van der Waals surface area (Å²) < 4.78 is 6.03. The Morgan fingerprint density at radius 1 is 0.946 bits per heavy atom. The minimum Gasteiger partial charge on any atom is -0.507 e. The quantitative estimate of drug-likeness (QED) is 0.232. The van der Waals surface area contributed by atoms with Crippen molar-refractivity contribution < 1.29 is 19.4 Å². The van der Waals surface area contributed by atoms with E-state index in [1.54, 1.807) is 17.0 Å². The van der Waals surface area contributed by atoms with Gasteiger partial charge in [0, 0.05) is 18.7 Å². The summed E-state index contributed by atoms with van der Waals surface area (Å²) in [5.74, 6) is -0.796. The van der Waals surface area contributed by atoms with Crippen LogP contribution in [0.5, 0.6) is 5.75 Å². The van der Waals surface area contributed by atoms with Crippen molar-refractivity contribution in [3.63, 3.8) is 0 Å². The van der Waals surface area contributed by atoms with Gasteiger partial charge in [0.2, 0.25) is 0 Å². The summed E-state index contributed by atoms with van der Waals surface area (Å²) in [6.07, 6.45) is 0. The van der Waals surface area contributed by atoms with Crippen molar-refractivity contribution in [2.45, 2.75) is 33.4 Å². The number of hydrogen-bond acceptors (Lipinski definition) is 5. The molecule has 1 atom stereocenters. The predicted molar refractivity (Wildman–Crippen MR) is 145 cm³/mol. The average Bonchev–Trinajstić information content (AvgIpc) is 3.18. The third kappa shape index (κ3) is 5.92. The van der Waals surface area contributed by atoms with Crippen molar-refractivity contribution in [1.29, 1.82) is 0 Å². The first-order chi connectivity index (χ1) is 17.9. The zero-order valence-corrected chi connectivity index (χ0v) is 21.7. The first-order valence-corrected chi connectivity index (χ1v) is 12.8. The van der Waals surface area contributed by atoms with Crippen molar-refractivity contribution in [2.24, 2.45) is 0 Å². The van der Waals surface area contributed by atoms with Crippen LogP contribution in [0.25, 0.3) is 5.76 Å². The van der Waals surface area contributed by atoms with E-state index in [0.29, 0.717) is 31.0 Å². The molecule has 1 fully saturated rings. The molecule has 6 heteroatoms. The second-order valence-electron chi connectivity index (χ2n) is 9.23. The highest BCUT2D eigenvalue weighted by molar-refractivity contribution is 6.46. The molecule has 6 nitrogen and oxygen atoms in total. The van der Waals surface area contributed by atoms with Crippen LogP contribution >= 0.6 is 0 Å². The summed E-state index contributed by atoms with van der Waals surface area (Å²) in [4.78, 5) is 30.3. The molecule has 1 saturated heterocycles. The number of hydrogen-bond donors (Lipinski definition) is 1. The molecular weight excluding hydrogens is 464 g/mol. The van der Waals surface area contributed by atoms with Gasteiger partial charge in [0.15, 0.2) is 0 Å². The summed E-state index contributed by atoms with van der Waals surface area (Å²) in [5, 5.41) is 11.3. The summed E-state index contributed by atoms with van der Waals surface area (Å²) in [5.41, 5.74) is 3.41. The van der Waals surface area contributed by atoms with Crippen LogP contribution in [-0.4, -0.2) is 52.8 Å². The number of carbonyl (C=O) groups excluding carboxylic acids is 2. The van der Waals surface area contributed by atoms with Crippen LogP contribution in [0, 0.1) is 6.92 Å². The molecule has 1 aliphatic rings. The molecule has 3 aromatic rings. The summed E-state index contributed by atoms with van der Waals surface area (Å²) in [6.45, 7) is 9.18. The smallest absolute Gasteiger partial charge is 0.295 e. The predicted octanol–water partition coefficient (Wildman–Crippen LogP) is 5.34. The molecular formula is C31H34N2O4. The second-order valence-corrected chi connectivity index (χ2v) is 9.23. The zero-order chi connectivity index (χ0) is 26.4. The SMILES string of the molecule is CCN(CC)CCN1C(=O)C(=O)/C(=C(/O)c2ccc(C)cc2)C1c1cccc(OCc2ccccc2)c1. The molecule has 1 N–H and O–H groups in total. The number of aliphatic hydroxyl groups excluding tert-OH is 1. The van der Waals surface area contributed by atoms with Crippen molar-refractivity contribution in [2.75, 3.05) is 26.2 Å². The number of amides is 1. The maximum atomic E-state index is 13.3. The molecule has 1 heterocycles. The van der Waals surface area contributed by atoms with Gasteiger partial charge in [0.1, 0.15) is 18.1 Å². The molecule has 1 aliphatic heterocycles.